The number of aromatic nitrogens is 1. The Labute approximate surface area is 120 Å². The van der Waals surface area contributed by atoms with Crippen molar-refractivity contribution >= 4 is 21.5 Å². The van der Waals surface area contributed by atoms with Crippen molar-refractivity contribution in [1.29, 1.82) is 0 Å². The quantitative estimate of drug-likeness (QED) is 0.632. The van der Waals surface area contributed by atoms with E-state index in [1.165, 1.54) is 24.3 Å². The van der Waals surface area contributed by atoms with Crippen molar-refractivity contribution in [2.45, 2.75) is 11.4 Å². The highest BCUT2D eigenvalue weighted by Crippen LogP contribution is 2.13. The number of nitrogens with one attached hydrogen (secondary N) is 1. The Morgan fingerprint density at radius 1 is 1.19 bits per heavy atom. The minimum atomic E-state index is -3.70. The van der Waals surface area contributed by atoms with Gasteiger partial charge in [0.05, 0.1) is 9.82 Å². The maximum atomic E-state index is 11.1. The molecule has 0 saturated heterocycles. The van der Waals surface area contributed by atoms with Crippen molar-refractivity contribution in [3.8, 4) is 0 Å². The number of pyridine rings is 1. The van der Waals surface area contributed by atoms with Crippen molar-refractivity contribution in [2.24, 2.45) is 5.14 Å². The van der Waals surface area contributed by atoms with Gasteiger partial charge < -0.3 is 5.32 Å². The summed E-state index contributed by atoms with van der Waals surface area (Å²) in [6.07, 6.45) is 1.16. The van der Waals surface area contributed by atoms with Crippen molar-refractivity contribution in [2.75, 3.05) is 5.32 Å². The van der Waals surface area contributed by atoms with Crippen LogP contribution < -0.4 is 10.5 Å². The van der Waals surface area contributed by atoms with Gasteiger partial charge in [-0.2, -0.15) is 0 Å². The first-order chi connectivity index (χ1) is 9.86. The van der Waals surface area contributed by atoms with Gasteiger partial charge in [0.15, 0.2) is 0 Å². The number of nitrogens with zero attached hydrogens (tertiary/aromatic N) is 2. The highest BCUT2D eigenvalue weighted by molar-refractivity contribution is 7.89. The number of hydrogen-bond acceptors (Lipinski definition) is 6. The highest BCUT2D eigenvalue weighted by Gasteiger charge is 2.07. The summed E-state index contributed by atoms with van der Waals surface area (Å²) in [5.74, 6) is 0.483. The fourth-order valence-electron chi connectivity index (χ4n) is 1.59. The smallest absolute Gasteiger partial charge is 0.287 e. The molecule has 0 spiro atoms. The molecule has 0 unspecified atom stereocenters. The van der Waals surface area contributed by atoms with Gasteiger partial charge in [0.1, 0.15) is 12.0 Å². The summed E-state index contributed by atoms with van der Waals surface area (Å²) in [6.45, 7) is 0.399. The van der Waals surface area contributed by atoms with Crippen molar-refractivity contribution < 1.29 is 13.3 Å². The molecule has 0 aliphatic heterocycles. The largest absolute Gasteiger partial charge is 0.366 e. The lowest BCUT2D eigenvalue weighted by Crippen LogP contribution is -2.12. The number of anilines is 1. The van der Waals surface area contributed by atoms with Gasteiger partial charge in [-0.1, -0.05) is 12.1 Å². The fraction of sp³-hybridized carbons (Fsp3) is 0.0833. The molecule has 0 bridgehead atoms. The Bertz CT molecular complexity index is 742. The van der Waals surface area contributed by atoms with Crippen LogP contribution in [0.25, 0.3) is 0 Å². The summed E-state index contributed by atoms with van der Waals surface area (Å²) in [5, 5.41) is 18.5. The third-order valence-corrected chi connectivity index (χ3v) is 3.61. The van der Waals surface area contributed by atoms with Gasteiger partial charge in [0.25, 0.3) is 5.69 Å². The van der Waals surface area contributed by atoms with Crippen LogP contribution in [0.15, 0.2) is 47.5 Å². The van der Waals surface area contributed by atoms with Crippen LogP contribution in [0.2, 0.25) is 0 Å². The molecule has 8 nitrogen and oxygen atoms in total. The normalized spacial score (nSPS) is 11.1. The van der Waals surface area contributed by atoms with Gasteiger partial charge in [-0.25, -0.2) is 18.5 Å². The molecule has 9 heteroatoms. The number of benzene rings is 1. The van der Waals surface area contributed by atoms with Crippen LogP contribution >= 0.6 is 0 Å². The summed E-state index contributed by atoms with van der Waals surface area (Å²) in [7, 11) is -3.70. The molecule has 0 radical (unpaired) electrons. The third-order valence-electron chi connectivity index (χ3n) is 2.68. The zero-order chi connectivity index (χ0) is 15.5. The molecule has 2 rings (SSSR count). The van der Waals surface area contributed by atoms with E-state index >= 15 is 0 Å². The number of nitro groups is 1. The summed E-state index contributed by atoms with van der Waals surface area (Å²) in [5.41, 5.74) is 0.737. The first-order valence-corrected chi connectivity index (χ1v) is 7.37. The lowest BCUT2D eigenvalue weighted by molar-refractivity contribution is -0.385. The van der Waals surface area contributed by atoms with Crippen LogP contribution in [0.4, 0.5) is 11.5 Å². The van der Waals surface area contributed by atoms with Crippen LogP contribution in [0, 0.1) is 10.1 Å². The van der Waals surface area contributed by atoms with Gasteiger partial charge >= 0.3 is 0 Å². The second kappa shape index (κ2) is 5.85. The predicted octanol–water partition coefficient (Wildman–Crippen LogP) is 1.25. The SMILES string of the molecule is NS(=O)(=O)c1ccc(CNc2ccc([N+](=O)[O-])cn2)cc1. The molecule has 21 heavy (non-hydrogen) atoms. The third kappa shape index (κ3) is 3.97. The van der Waals surface area contributed by atoms with Gasteiger partial charge in [0.2, 0.25) is 10.0 Å². The van der Waals surface area contributed by atoms with Gasteiger partial charge in [-0.15, -0.1) is 0 Å². The molecule has 3 N–H and O–H groups in total. The average Bonchev–Trinajstić information content (AvgIpc) is 2.45. The summed E-state index contributed by atoms with van der Waals surface area (Å²) in [6, 6.07) is 8.91. The lowest BCUT2D eigenvalue weighted by atomic mass is 10.2. The van der Waals surface area contributed by atoms with E-state index in [0.717, 1.165) is 11.8 Å². The van der Waals surface area contributed by atoms with Gasteiger partial charge in [0, 0.05) is 12.6 Å². The Morgan fingerprint density at radius 3 is 2.33 bits per heavy atom. The van der Waals surface area contributed by atoms with Crippen LogP contribution in [-0.2, 0) is 16.6 Å². The van der Waals surface area contributed by atoms with Crippen LogP contribution in [0.5, 0.6) is 0 Å². The number of primary sulfonamides is 1. The Kier molecular flexibility index (Phi) is 4.15. The van der Waals surface area contributed by atoms with E-state index in [2.05, 4.69) is 10.3 Å². The lowest BCUT2D eigenvalue weighted by Gasteiger charge is -2.06. The molecule has 0 amide bonds. The van der Waals surface area contributed by atoms with Crippen LogP contribution in [0.3, 0.4) is 0 Å². The van der Waals surface area contributed by atoms with Crippen LogP contribution in [-0.4, -0.2) is 18.3 Å². The fourth-order valence-corrected chi connectivity index (χ4v) is 2.10. The topological polar surface area (TPSA) is 128 Å². The molecule has 110 valence electrons. The minimum absolute atomic E-state index is 0.0414. The van der Waals surface area contributed by atoms with Crippen molar-refractivity contribution in [1.82, 2.24) is 4.98 Å². The molecule has 0 fully saturated rings. The Morgan fingerprint density at radius 2 is 1.86 bits per heavy atom. The second-order valence-corrected chi connectivity index (χ2v) is 5.76. The zero-order valence-corrected chi connectivity index (χ0v) is 11.6. The zero-order valence-electron chi connectivity index (χ0n) is 10.8. The number of rotatable bonds is 5. The minimum Gasteiger partial charge on any atom is -0.366 e. The summed E-state index contributed by atoms with van der Waals surface area (Å²) in [4.78, 5) is 13.9. The monoisotopic (exact) mass is 308 g/mol. The maximum Gasteiger partial charge on any atom is 0.287 e. The second-order valence-electron chi connectivity index (χ2n) is 4.20. The predicted molar refractivity (Wildman–Crippen MR) is 76.0 cm³/mol. The van der Waals surface area contributed by atoms with E-state index in [-0.39, 0.29) is 10.6 Å². The van der Waals surface area contributed by atoms with Gasteiger partial charge in [-0.3, -0.25) is 10.1 Å². The molecule has 0 atom stereocenters. The highest BCUT2D eigenvalue weighted by atomic mass is 32.2. The van der Waals surface area contributed by atoms with E-state index in [9.17, 15) is 18.5 Å². The molecular weight excluding hydrogens is 296 g/mol. The average molecular weight is 308 g/mol. The van der Waals surface area contributed by atoms with E-state index in [0.29, 0.717) is 12.4 Å². The first kappa shape index (κ1) is 14.9. The summed E-state index contributed by atoms with van der Waals surface area (Å²) < 4.78 is 22.2. The first-order valence-electron chi connectivity index (χ1n) is 5.82. The maximum absolute atomic E-state index is 11.1. The van der Waals surface area contributed by atoms with Crippen molar-refractivity contribution in [3.63, 3.8) is 0 Å². The molecule has 1 aromatic heterocycles. The molecular formula is C12H12N4O4S. The van der Waals surface area contributed by atoms with Gasteiger partial charge in [-0.05, 0) is 23.8 Å². The Balaban J connectivity index is 2.01. The van der Waals surface area contributed by atoms with E-state index < -0.39 is 14.9 Å². The molecule has 2 aromatic rings. The number of hydrogen-bond donors (Lipinski definition) is 2. The van der Waals surface area contributed by atoms with E-state index in [1.807, 2.05) is 0 Å². The van der Waals surface area contributed by atoms with E-state index in [1.54, 1.807) is 12.1 Å². The molecule has 1 heterocycles. The van der Waals surface area contributed by atoms with Crippen molar-refractivity contribution in [3.05, 3.63) is 58.3 Å². The Hall–Kier alpha value is -2.52. The summed E-state index contributed by atoms with van der Waals surface area (Å²) >= 11 is 0. The standard InChI is InChI=1S/C12H12N4O4S/c13-21(19,20)11-4-1-9(2-5-11)7-14-12-6-3-10(8-15-12)16(17)18/h1-6,8H,7H2,(H,14,15)(H2,13,19,20). The molecule has 0 saturated carbocycles. The van der Waals surface area contributed by atoms with Crippen LogP contribution in [0.1, 0.15) is 5.56 Å². The number of sulfonamides is 1. The molecule has 1 aromatic carbocycles. The van der Waals surface area contributed by atoms with E-state index in [4.69, 9.17) is 5.14 Å². The molecule has 0 aliphatic rings. The number of nitrogens with two attached hydrogens (primary N) is 1. The molecule has 0 aliphatic carbocycles.